The number of fused-ring (bicyclic) bond motifs is 1. The maximum Gasteiger partial charge on any atom is 0.407 e. The molecule has 4 aromatic rings. The van der Waals surface area contributed by atoms with E-state index in [1.165, 1.54) is 7.11 Å². The molecular formula is C40H48N4O6S. The second kappa shape index (κ2) is 16.6. The van der Waals surface area contributed by atoms with Crippen LogP contribution in [0.15, 0.2) is 95.7 Å². The van der Waals surface area contributed by atoms with Crippen molar-refractivity contribution in [2.75, 3.05) is 13.7 Å². The molecule has 1 aromatic heterocycles. The number of benzene rings is 3. The Kier molecular flexibility index (Phi) is 12.3. The van der Waals surface area contributed by atoms with E-state index in [4.69, 9.17) is 4.74 Å². The smallest absolute Gasteiger partial charge is 0.407 e. The molecule has 5 N–H and O–H groups in total. The number of nitrogens with zero attached hydrogens (tertiary/aromatic N) is 1. The van der Waals surface area contributed by atoms with E-state index in [1.807, 2.05) is 105 Å². The number of methoxy groups -OCH3 is 1. The van der Waals surface area contributed by atoms with Gasteiger partial charge in [0.05, 0.1) is 19.3 Å². The lowest BCUT2D eigenvalue weighted by Gasteiger charge is -2.33. The van der Waals surface area contributed by atoms with Crippen LogP contribution in [0, 0.1) is 5.41 Å². The summed E-state index contributed by atoms with van der Waals surface area (Å²) in [6, 6.07) is 25.5. The first-order chi connectivity index (χ1) is 24.4. The summed E-state index contributed by atoms with van der Waals surface area (Å²) >= 11 is 1.63. The van der Waals surface area contributed by atoms with Gasteiger partial charge in [0.2, 0.25) is 0 Å². The van der Waals surface area contributed by atoms with E-state index in [2.05, 4.69) is 27.5 Å². The highest BCUT2D eigenvalue weighted by Crippen LogP contribution is 2.33. The van der Waals surface area contributed by atoms with Gasteiger partial charge in [0.1, 0.15) is 11.6 Å². The predicted molar refractivity (Wildman–Crippen MR) is 198 cm³/mol. The van der Waals surface area contributed by atoms with Crippen molar-refractivity contribution < 1.29 is 29.3 Å². The topological polar surface area (TPSA) is 140 Å². The van der Waals surface area contributed by atoms with Crippen molar-refractivity contribution in [1.29, 1.82) is 0 Å². The minimum absolute atomic E-state index is 0.0652. The van der Waals surface area contributed by atoms with Crippen molar-refractivity contribution in [3.63, 3.8) is 0 Å². The van der Waals surface area contributed by atoms with Crippen molar-refractivity contribution in [2.24, 2.45) is 5.41 Å². The first kappa shape index (κ1) is 37.7. The van der Waals surface area contributed by atoms with Crippen LogP contribution in [-0.2, 0) is 33.7 Å². The zero-order valence-corrected chi connectivity index (χ0v) is 30.4. The highest BCUT2D eigenvalue weighted by atomic mass is 32.1. The molecule has 0 unspecified atom stereocenters. The molecule has 0 radical (unpaired) electrons. The molecule has 0 spiro atoms. The Balaban J connectivity index is 1.35. The van der Waals surface area contributed by atoms with Gasteiger partial charge in [-0.3, -0.25) is 15.0 Å². The molecule has 0 saturated carbocycles. The minimum atomic E-state index is -1.81. The van der Waals surface area contributed by atoms with E-state index in [9.17, 15) is 24.6 Å². The first-order valence-electron chi connectivity index (χ1n) is 17.2. The van der Waals surface area contributed by atoms with E-state index in [0.29, 0.717) is 19.4 Å². The Hall–Kier alpha value is -4.55. The minimum Gasteiger partial charge on any atom is -0.453 e. The van der Waals surface area contributed by atoms with Crippen LogP contribution in [-0.4, -0.2) is 64.5 Å². The Labute approximate surface area is 303 Å². The number of hydrazine groups is 1. The standard InChI is InChI=1S/C40H48N4O6S/c1-39(2,3)35(42-38(48)50-4)36(46)43-44(25-28-15-17-29(18-16-28)31-19-22-51-26-31)21-10-20-40(49,24-27-11-6-5-7-12-27)37(47)41-34-32-14-9-8-13-30(32)23-33(34)45/h5-9,11-19,22,26,33-35,45,49H,10,20-21,23-25H2,1-4H3,(H,41,47)(H,42,48)(H,43,46)/t33-,34+,35-,40-/m1/s1. The summed E-state index contributed by atoms with van der Waals surface area (Å²) < 4.78 is 4.79. The van der Waals surface area contributed by atoms with Crippen LogP contribution in [0.25, 0.3) is 11.1 Å². The zero-order chi connectivity index (χ0) is 36.6. The Bertz CT molecular complexity index is 1760. The second-order valence-corrected chi connectivity index (χ2v) is 15.0. The summed E-state index contributed by atoms with van der Waals surface area (Å²) in [7, 11) is 1.25. The van der Waals surface area contributed by atoms with Gasteiger partial charge in [0.15, 0.2) is 0 Å². The van der Waals surface area contributed by atoms with Crippen LogP contribution >= 0.6 is 11.3 Å². The molecule has 11 heteroatoms. The molecule has 3 aromatic carbocycles. The third-order valence-corrected chi connectivity index (χ3v) is 9.98. The van der Waals surface area contributed by atoms with Crippen LogP contribution in [0.2, 0.25) is 0 Å². The van der Waals surface area contributed by atoms with Crippen molar-refractivity contribution in [3.05, 3.63) is 118 Å². The fourth-order valence-corrected chi connectivity index (χ4v) is 7.17. The summed E-state index contributed by atoms with van der Waals surface area (Å²) in [5, 5.41) is 34.4. The summed E-state index contributed by atoms with van der Waals surface area (Å²) in [5.74, 6) is -0.990. The quantitative estimate of drug-likeness (QED) is 0.108. The van der Waals surface area contributed by atoms with Gasteiger partial charge in [-0.1, -0.05) is 99.6 Å². The van der Waals surface area contributed by atoms with Crippen LogP contribution < -0.4 is 16.1 Å². The van der Waals surface area contributed by atoms with Crippen LogP contribution in [0.4, 0.5) is 4.79 Å². The van der Waals surface area contributed by atoms with Gasteiger partial charge in [-0.25, -0.2) is 9.80 Å². The first-order valence-corrected chi connectivity index (χ1v) is 18.1. The van der Waals surface area contributed by atoms with Gasteiger partial charge in [0, 0.05) is 25.9 Å². The molecule has 0 saturated heterocycles. The third kappa shape index (κ3) is 9.83. The second-order valence-electron chi connectivity index (χ2n) is 14.3. The van der Waals surface area contributed by atoms with E-state index in [-0.39, 0.29) is 19.4 Å². The molecule has 270 valence electrons. The number of amides is 3. The number of rotatable bonds is 14. The maximum absolute atomic E-state index is 14.0. The van der Waals surface area contributed by atoms with Gasteiger partial charge in [-0.05, 0) is 68.5 Å². The normalized spacial score (nSPS) is 17.2. The molecular weight excluding hydrogens is 665 g/mol. The molecule has 0 aliphatic heterocycles. The summed E-state index contributed by atoms with van der Waals surface area (Å²) in [5.41, 5.74) is 6.30. The fraction of sp³-hybridized carbons (Fsp3) is 0.375. The number of thiophene rings is 1. The maximum atomic E-state index is 14.0. The van der Waals surface area contributed by atoms with E-state index < -0.39 is 47.1 Å². The zero-order valence-electron chi connectivity index (χ0n) is 29.6. The molecule has 5 rings (SSSR count). The van der Waals surface area contributed by atoms with E-state index >= 15 is 0 Å². The number of carbonyl (C=O) groups excluding carboxylic acids is 3. The summed E-state index contributed by atoms with van der Waals surface area (Å²) in [4.78, 5) is 39.9. The van der Waals surface area contributed by atoms with Crippen LogP contribution in [0.1, 0.15) is 61.9 Å². The Morgan fingerprint density at radius 2 is 1.65 bits per heavy atom. The number of hydrogen-bond acceptors (Lipinski definition) is 8. The molecule has 1 aliphatic carbocycles. The molecule has 10 nitrogen and oxygen atoms in total. The fourth-order valence-electron chi connectivity index (χ4n) is 6.50. The number of aliphatic hydroxyl groups excluding tert-OH is 1. The molecule has 51 heavy (non-hydrogen) atoms. The van der Waals surface area contributed by atoms with Crippen molar-refractivity contribution in [1.82, 2.24) is 21.1 Å². The highest BCUT2D eigenvalue weighted by molar-refractivity contribution is 7.08. The number of carbonyl (C=O) groups is 3. The monoisotopic (exact) mass is 712 g/mol. The molecule has 0 fully saturated rings. The predicted octanol–water partition coefficient (Wildman–Crippen LogP) is 5.55. The lowest BCUT2D eigenvalue weighted by molar-refractivity contribution is -0.142. The Morgan fingerprint density at radius 1 is 0.941 bits per heavy atom. The molecule has 4 atom stereocenters. The van der Waals surface area contributed by atoms with Gasteiger partial charge < -0.3 is 25.6 Å². The van der Waals surface area contributed by atoms with Crippen molar-refractivity contribution in [2.45, 2.75) is 76.8 Å². The molecule has 1 aliphatic rings. The Morgan fingerprint density at radius 3 is 2.31 bits per heavy atom. The van der Waals surface area contributed by atoms with E-state index in [0.717, 1.165) is 33.4 Å². The van der Waals surface area contributed by atoms with Crippen molar-refractivity contribution in [3.8, 4) is 11.1 Å². The van der Waals surface area contributed by atoms with Gasteiger partial charge in [0.25, 0.3) is 11.8 Å². The van der Waals surface area contributed by atoms with Crippen molar-refractivity contribution >= 4 is 29.2 Å². The van der Waals surface area contributed by atoms with Gasteiger partial charge in [-0.15, -0.1) is 0 Å². The lowest BCUT2D eigenvalue weighted by Crippen LogP contribution is -2.57. The number of aliphatic hydroxyl groups is 2. The summed E-state index contributed by atoms with van der Waals surface area (Å²) in [6.07, 6.45) is -0.633. The highest BCUT2D eigenvalue weighted by Gasteiger charge is 2.40. The summed E-state index contributed by atoms with van der Waals surface area (Å²) in [6.45, 7) is 6.17. The number of nitrogens with one attached hydrogen (secondary N) is 3. The molecule has 0 bridgehead atoms. The number of alkyl carbamates (subject to hydrolysis) is 1. The average molecular weight is 713 g/mol. The average Bonchev–Trinajstić information content (AvgIpc) is 3.75. The molecule has 3 amide bonds. The largest absolute Gasteiger partial charge is 0.453 e. The van der Waals surface area contributed by atoms with Gasteiger partial charge in [-0.2, -0.15) is 11.3 Å². The third-order valence-electron chi connectivity index (χ3n) is 9.30. The SMILES string of the molecule is COC(=O)N[C@H](C(=O)NN(CCC[C@@](O)(Cc1ccccc1)C(=O)N[C@H]1c2ccccc2C[C@H]1O)Cc1ccc(-c2ccsc2)cc1)C(C)(C)C. The van der Waals surface area contributed by atoms with Crippen LogP contribution in [0.5, 0.6) is 0 Å². The number of hydrogen-bond donors (Lipinski definition) is 5. The molecule has 1 heterocycles. The van der Waals surface area contributed by atoms with Crippen LogP contribution in [0.3, 0.4) is 0 Å². The van der Waals surface area contributed by atoms with E-state index in [1.54, 1.807) is 16.3 Å². The lowest BCUT2D eigenvalue weighted by atomic mass is 9.86. The van der Waals surface area contributed by atoms with Gasteiger partial charge >= 0.3 is 6.09 Å². The number of ether oxygens (including phenoxy) is 1.